The molecule has 2 aromatic carbocycles. The van der Waals surface area contributed by atoms with Crippen LogP contribution in [0, 0.1) is 0 Å². The third kappa shape index (κ3) is 2.14. The van der Waals surface area contributed by atoms with Gasteiger partial charge in [-0.25, -0.2) is 4.98 Å². The van der Waals surface area contributed by atoms with Crippen LogP contribution >= 0.6 is 34.8 Å². The minimum Gasteiger partial charge on any atom is -0.399 e. The van der Waals surface area contributed by atoms with E-state index in [1.165, 1.54) is 0 Å². The Kier molecular flexibility index (Phi) is 3.05. The summed E-state index contributed by atoms with van der Waals surface area (Å²) < 4.78 is 0. The van der Waals surface area contributed by atoms with Crippen molar-refractivity contribution in [3.63, 3.8) is 0 Å². The van der Waals surface area contributed by atoms with Crippen LogP contribution in [-0.2, 0) is 0 Å². The van der Waals surface area contributed by atoms with E-state index in [2.05, 4.69) is 9.97 Å². The van der Waals surface area contributed by atoms with Crippen molar-refractivity contribution in [1.29, 1.82) is 0 Å². The molecule has 0 fully saturated rings. The number of benzene rings is 2. The molecule has 0 unspecified atom stereocenters. The lowest BCUT2D eigenvalue weighted by Gasteiger charge is -2.01. The molecule has 6 heteroatoms. The molecule has 0 saturated heterocycles. The first-order valence-corrected chi connectivity index (χ1v) is 6.59. The molecule has 0 aliphatic heterocycles. The van der Waals surface area contributed by atoms with Crippen LogP contribution in [0.3, 0.4) is 0 Å². The highest BCUT2D eigenvalue weighted by Gasteiger charge is 2.13. The molecule has 3 nitrogen and oxygen atoms in total. The second-order valence-electron chi connectivity index (χ2n) is 4.08. The molecule has 3 aromatic rings. The maximum absolute atomic E-state index is 6.16. The summed E-state index contributed by atoms with van der Waals surface area (Å²) in [6.07, 6.45) is 0. The molecule has 1 heterocycles. The predicted octanol–water partition coefficient (Wildman–Crippen LogP) is 4.77. The van der Waals surface area contributed by atoms with Crippen molar-refractivity contribution in [2.75, 3.05) is 5.73 Å². The largest absolute Gasteiger partial charge is 0.399 e. The average Bonchev–Trinajstić information content (AvgIpc) is 2.83. The molecular formula is C13H8Cl3N3. The molecule has 0 spiro atoms. The minimum absolute atomic E-state index is 0.530. The Balaban J connectivity index is 2.29. The summed E-state index contributed by atoms with van der Waals surface area (Å²) in [5.41, 5.74) is 8.38. The maximum Gasteiger partial charge on any atom is 0.140 e. The average molecular weight is 313 g/mol. The van der Waals surface area contributed by atoms with E-state index >= 15 is 0 Å². The Morgan fingerprint density at radius 3 is 2.37 bits per heavy atom. The van der Waals surface area contributed by atoms with Gasteiger partial charge in [0.15, 0.2) is 0 Å². The fourth-order valence-corrected chi connectivity index (χ4v) is 2.49. The third-order valence-corrected chi connectivity index (χ3v) is 3.74. The van der Waals surface area contributed by atoms with E-state index in [9.17, 15) is 0 Å². The van der Waals surface area contributed by atoms with E-state index in [0.29, 0.717) is 43.2 Å². The van der Waals surface area contributed by atoms with Crippen LogP contribution < -0.4 is 5.73 Å². The van der Waals surface area contributed by atoms with Gasteiger partial charge in [0, 0.05) is 11.3 Å². The van der Waals surface area contributed by atoms with Gasteiger partial charge >= 0.3 is 0 Å². The number of hydrogen-bond acceptors (Lipinski definition) is 2. The molecule has 96 valence electrons. The number of nitrogens with two attached hydrogens (primary N) is 1. The first kappa shape index (κ1) is 12.6. The van der Waals surface area contributed by atoms with Crippen LogP contribution in [0.4, 0.5) is 5.69 Å². The number of imidazole rings is 1. The summed E-state index contributed by atoms with van der Waals surface area (Å²) in [7, 11) is 0. The molecule has 0 aliphatic rings. The number of H-pyrrole nitrogens is 1. The summed E-state index contributed by atoms with van der Waals surface area (Å²) in [4.78, 5) is 7.55. The zero-order valence-corrected chi connectivity index (χ0v) is 11.8. The van der Waals surface area contributed by atoms with Crippen molar-refractivity contribution >= 4 is 51.5 Å². The molecule has 0 amide bonds. The van der Waals surface area contributed by atoms with Gasteiger partial charge in [0.05, 0.1) is 20.6 Å². The van der Waals surface area contributed by atoms with Crippen molar-refractivity contribution in [3.8, 4) is 11.4 Å². The molecule has 3 N–H and O–H groups in total. The predicted molar refractivity (Wildman–Crippen MR) is 81.0 cm³/mol. The molecule has 0 atom stereocenters. The number of rotatable bonds is 1. The molecule has 1 aromatic heterocycles. The van der Waals surface area contributed by atoms with E-state index in [1.54, 1.807) is 30.3 Å². The van der Waals surface area contributed by atoms with Crippen LogP contribution in [0.2, 0.25) is 15.1 Å². The highest BCUT2D eigenvalue weighted by molar-refractivity contribution is 6.39. The molecule has 0 bridgehead atoms. The number of nitrogens with zero attached hydrogens (tertiary/aromatic N) is 1. The maximum atomic E-state index is 6.16. The van der Waals surface area contributed by atoms with Crippen LogP contribution in [0.5, 0.6) is 0 Å². The van der Waals surface area contributed by atoms with E-state index in [0.717, 1.165) is 0 Å². The number of aromatic amines is 1. The summed E-state index contributed by atoms with van der Waals surface area (Å²) >= 11 is 18.4. The smallest absolute Gasteiger partial charge is 0.140 e. The standard InChI is InChI=1S/C13H8Cl3N3/c14-8-2-1-6(17)5-7(8)13-18-11-9(15)3-4-10(16)12(11)19-13/h1-5H,17H2,(H,18,19). The second-order valence-corrected chi connectivity index (χ2v) is 5.30. The van der Waals surface area contributed by atoms with Gasteiger partial charge in [0.25, 0.3) is 0 Å². The number of nitrogens with one attached hydrogen (secondary N) is 1. The summed E-state index contributed by atoms with van der Waals surface area (Å²) in [5.74, 6) is 0.585. The van der Waals surface area contributed by atoms with E-state index < -0.39 is 0 Å². The Hall–Kier alpha value is -1.42. The van der Waals surface area contributed by atoms with Crippen molar-refractivity contribution in [1.82, 2.24) is 9.97 Å². The van der Waals surface area contributed by atoms with Gasteiger partial charge in [-0.3, -0.25) is 0 Å². The van der Waals surface area contributed by atoms with Gasteiger partial charge in [0.2, 0.25) is 0 Å². The zero-order chi connectivity index (χ0) is 13.6. The number of fused-ring (bicyclic) bond motifs is 1. The highest BCUT2D eigenvalue weighted by Crippen LogP contribution is 2.33. The lowest BCUT2D eigenvalue weighted by molar-refractivity contribution is 1.34. The van der Waals surface area contributed by atoms with Gasteiger partial charge in [-0.1, -0.05) is 34.8 Å². The second kappa shape index (κ2) is 4.60. The molecular weight excluding hydrogens is 305 g/mol. The van der Waals surface area contributed by atoms with Gasteiger partial charge in [-0.15, -0.1) is 0 Å². The molecule has 3 rings (SSSR count). The fourth-order valence-electron chi connectivity index (χ4n) is 1.88. The normalized spacial score (nSPS) is 11.1. The summed E-state index contributed by atoms with van der Waals surface area (Å²) in [6.45, 7) is 0. The van der Waals surface area contributed by atoms with Crippen LogP contribution in [-0.4, -0.2) is 9.97 Å². The number of hydrogen-bond donors (Lipinski definition) is 2. The zero-order valence-electron chi connectivity index (χ0n) is 9.55. The van der Waals surface area contributed by atoms with Gasteiger partial charge in [-0.05, 0) is 30.3 Å². The Morgan fingerprint density at radius 1 is 0.947 bits per heavy atom. The molecule has 0 saturated carbocycles. The number of nitrogen functional groups attached to an aromatic ring is 1. The quantitative estimate of drug-likeness (QED) is 0.636. The number of anilines is 1. The van der Waals surface area contributed by atoms with Gasteiger partial charge < -0.3 is 10.7 Å². The SMILES string of the molecule is Nc1ccc(Cl)c(-c2nc3c(Cl)ccc(Cl)c3[nH]2)c1. The van der Waals surface area contributed by atoms with Crippen molar-refractivity contribution < 1.29 is 0 Å². The molecule has 0 radical (unpaired) electrons. The third-order valence-electron chi connectivity index (χ3n) is 2.79. The lowest BCUT2D eigenvalue weighted by Crippen LogP contribution is -1.87. The van der Waals surface area contributed by atoms with Gasteiger partial charge in [-0.2, -0.15) is 0 Å². The van der Waals surface area contributed by atoms with Gasteiger partial charge in [0.1, 0.15) is 11.3 Å². The van der Waals surface area contributed by atoms with Crippen molar-refractivity contribution in [2.45, 2.75) is 0 Å². The van der Waals surface area contributed by atoms with Crippen LogP contribution in [0.25, 0.3) is 22.4 Å². The van der Waals surface area contributed by atoms with Crippen molar-refractivity contribution in [2.24, 2.45) is 0 Å². The minimum atomic E-state index is 0.530. The Morgan fingerprint density at radius 2 is 1.63 bits per heavy atom. The first-order chi connectivity index (χ1) is 9.06. The molecule has 0 aliphatic carbocycles. The van der Waals surface area contributed by atoms with Crippen molar-refractivity contribution in [3.05, 3.63) is 45.4 Å². The van der Waals surface area contributed by atoms with E-state index in [4.69, 9.17) is 40.5 Å². The first-order valence-electron chi connectivity index (χ1n) is 5.45. The van der Waals surface area contributed by atoms with Crippen LogP contribution in [0.1, 0.15) is 0 Å². The number of aromatic nitrogens is 2. The fraction of sp³-hybridized carbons (Fsp3) is 0. The number of halogens is 3. The Bertz CT molecular complexity index is 741. The Labute approximate surface area is 124 Å². The van der Waals surface area contributed by atoms with Crippen LogP contribution in [0.15, 0.2) is 30.3 Å². The topological polar surface area (TPSA) is 54.7 Å². The summed E-state index contributed by atoms with van der Waals surface area (Å²) in [5, 5.41) is 1.64. The lowest BCUT2D eigenvalue weighted by atomic mass is 10.2. The monoisotopic (exact) mass is 311 g/mol. The molecule has 19 heavy (non-hydrogen) atoms. The van der Waals surface area contributed by atoms with E-state index in [1.807, 2.05) is 0 Å². The summed E-state index contributed by atoms with van der Waals surface area (Å²) in [6, 6.07) is 8.63. The van der Waals surface area contributed by atoms with E-state index in [-0.39, 0.29) is 0 Å². The highest BCUT2D eigenvalue weighted by atomic mass is 35.5.